The Bertz CT molecular complexity index is 1140. The molecule has 0 fully saturated rings. The van der Waals surface area contributed by atoms with E-state index in [9.17, 15) is 8.42 Å². The molecule has 1 aliphatic carbocycles. The zero-order chi connectivity index (χ0) is 23.0. The Morgan fingerprint density at radius 1 is 1.06 bits per heavy atom. The van der Waals surface area contributed by atoms with E-state index < -0.39 is 10.0 Å². The van der Waals surface area contributed by atoms with Crippen LogP contribution in [0.2, 0.25) is 15.1 Å². The minimum absolute atomic E-state index is 0.0439. The van der Waals surface area contributed by atoms with Gasteiger partial charge in [-0.2, -0.15) is 0 Å². The Kier molecular flexibility index (Phi) is 7.15. The highest BCUT2D eigenvalue weighted by Crippen LogP contribution is 2.48. The van der Waals surface area contributed by atoms with Crippen molar-refractivity contribution in [2.45, 2.75) is 36.6 Å². The summed E-state index contributed by atoms with van der Waals surface area (Å²) in [6, 6.07) is 5.04. The summed E-state index contributed by atoms with van der Waals surface area (Å²) in [5.41, 5.74) is 3.93. The van der Waals surface area contributed by atoms with Crippen LogP contribution in [-0.4, -0.2) is 47.2 Å². The molecule has 0 radical (unpaired) electrons. The van der Waals surface area contributed by atoms with Crippen LogP contribution in [0.15, 0.2) is 23.1 Å². The van der Waals surface area contributed by atoms with Gasteiger partial charge in [0, 0.05) is 31.2 Å². The van der Waals surface area contributed by atoms with E-state index in [0.29, 0.717) is 19.0 Å². The molecule has 10 heteroatoms. The molecule has 0 amide bonds. The summed E-state index contributed by atoms with van der Waals surface area (Å²) < 4.78 is 39.1. The Morgan fingerprint density at radius 2 is 1.81 bits per heavy atom. The molecule has 2 aromatic rings. The van der Waals surface area contributed by atoms with Gasteiger partial charge < -0.3 is 9.47 Å². The average Bonchev–Trinajstić information content (AvgIpc) is 3.21. The first-order chi connectivity index (χ1) is 15.3. The molecule has 1 heterocycles. The third-order valence-electron chi connectivity index (χ3n) is 6.19. The zero-order valence-corrected chi connectivity index (χ0v) is 21.0. The molecule has 1 unspecified atom stereocenters. The fourth-order valence-corrected chi connectivity index (χ4v) is 6.84. The maximum atomic E-state index is 12.7. The van der Waals surface area contributed by atoms with E-state index >= 15 is 0 Å². The molecule has 2 aromatic carbocycles. The molecule has 1 N–H and O–H groups in total. The quantitative estimate of drug-likeness (QED) is 0.398. The first kappa shape index (κ1) is 23.9. The van der Waals surface area contributed by atoms with Gasteiger partial charge in [0.05, 0.1) is 29.3 Å². The van der Waals surface area contributed by atoms with Crippen LogP contribution in [0.1, 0.15) is 35.6 Å². The van der Waals surface area contributed by atoms with Crippen LogP contribution in [0.5, 0.6) is 11.5 Å². The van der Waals surface area contributed by atoms with Crippen molar-refractivity contribution in [2.24, 2.45) is 0 Å². The van der Waals surface area contributed by atoms with Crippen LogP contribution in [0.3, 0.4) is 0 Å². The summed E-state index contributed by atoms with van der Waals surface area (Å²) in [4.78, 5) is 2.37. The number of nitrogens with zero attached hydrogens (tertiary/aromatic N) is 1. The van der Waals surface area contributed by atoms with Crippen molar-refractivity contribution in [2.75, 3.05) is 33.9 Å². The van der Waals surface area contributed by atoms with Crippen molar-refractivity contribution in [1.29, 1.82) is 0 Å². The standard InChI is InChI=1S/C22H25Cl3N2O4S/c1-30-19-10-13-6-9-27(18-5-4-14(21(13)18)22(19)31-2)8-3-7-26-32(28,29)20-12-16(24)15(23)11-17(20)25/h10-12,18,26H,3-9H2,1-2H3. The minimum Gasteiger partial charge on any atom is -0.493 e. The van der Waals surface area contributed by atoms with Gasteiger partial charge in [0.15, 0.2) is 11.5 Å². The van der Waals surface area contributed by atoms with E-state index in [2.05, 4.69) is 15.7 Å². The van der Waals surface area contributed by atoms with Crippen LogP contribution in [0, 0.1) is 0 Å². The van der Waals surface area contributed by atoms with Crippen molar-refractivity contribution in [3.8, 4) is 11.5 Å². The Balaban J connectivity index is 1.41. The summed E-state index contributed by atoms with van der Waals surface area (Å²) in [5.74, 6) is 1.63. The number of sulfonamides is 1. The van der Waals surface area contributed by atoms with Gasteiger partial charge in [-0.1, -0.05) is 34.8 Å². The smallest absolute Gasteiger partial charge is 0.242 e. The van der Waals surface area contributed by atoms with Crippen molar-refractivity contribution >= 4 is 44.8 Å². The number of rotatable bonds is 8. The molecule has 2 aliphatic rings. The minimum atomic E-state index is -3.78. The van der Waals surface area contributed by atoms with Crippen molar-refractivity contribution in [3.05, 3.63) is 50.0 Å². The van der Waals surface area contributed by atoms with Crippen LogP contribution >= 0.6 is 34.8 Å². The molecule has 1 aliphatic heterocycles. The van der Waals surface area contributed by atoms with Gasteiger partial charge in [-0.05, 0) is 55.0 Å². The van der Waals surface area contributed by atoms with Gasteiger partial charge in [0.25, 0.3) is 0 Å². The second-order valence-electron chi connectivity index (χ2n) is 7.95. The van der Waals surface area contributed by atoms with E-state index in [1.54, 1.807) is 14.2 Å². The molecule has 4 rings (SSSR count). The normalized spacial score (nSPS) is 18.0. The van der Waals surface area contributed by atoms with E-state index in [1.165, 1.54) is 28.8 Å². The Hall–Kier alpha value is -1.22. The second-order valence-corrected chi connectivity index (χ2v) is 10.9. The monoisotopic (exact) mass is 518 g/mol. The van der Waals surface area contributed by atoms with Gasteiger partial charge in [-0.25, -0.2) is 13.1 Å². The molecule has 0 saturated heterocycles. The van der Waals surface area contributed by atoms with E-state index in [0.717, 1.165) is 43.9 Å². The number of hydrogen-bond acceptors (Lipinski definition) is 5. The molecule has 32 heavy (non-hydrogen) atoms. The van der Waals surface area contributed by atoms with Crippen LogP contribution < -0.4 is 14.2 Å². The first-order valence-electron chi connectivity index (χ1n) is 10.4. The fourth-order valence-electron chi connectivity index (χ4n) is 4.77. The largest absolute Gasteiger partial charge is 0.493 e. The summed E-state index contributed by atoms with van der Waals surface area (Å²) in [6.45, 7) is 2.02. The van der Waals surface area contributed by atoms with E-state index in [4.69, 9.17) is 44.3 Å². The molecular formula is C22H25Cl3N2O4S. The highest BCUT2D eigenvalue weighted by Gasteiger charge is 2.36. The number of nitrogens with one attached hydrogen (secondary N) is 1. The lowest BCUT2D eigenvalue weighted by Crippen LogP contribution is -2.36. The second kappa shape index (κ2) is 9.57. The maximum absolute atomic E-state index is 12.7. The number of benzene rings is 2. The van der Waals surface area contributed by atoms with E-state index in [-0.39, 0.29) is 20.0 Å². The number of methoxy groups -OCH3 is 2. The highest BCUT2D eigenvalue weighted by atomic mass is 35.5. The molecule has 0 bridgehead atoms. The SMILES string of the molecule is COc1cc2c3c(c1OC)CCC3N(CCCNS(=O)(=O)c1cc(Cl)c(Cl)cc1Cl)CC2. The lowest BCUT2D eigenvalue weighted by molar-refractivity contribution is 0.184. The molecule has 1 atom stereocenters. The van der Waals surface area contributed by atoms with Gasteiger partial charge in [0.2, 0.25) is 10.0 Å². The summed E-state index contributed by atoms with van der Waals surface area (Å²) >= 11 is 17.9. The Morgan fingerprint density at radius 3 is 2.53 bits per heavy atom. The average molecular weight is 520 g/mol. The molecule has 6 nitrogen and oxygen atoms in total. The van der Waals surface area contributed by atoms with E-state index in [1.807, 2.05) is 0 Å². The fraction of sp³-hybridized carbons (Fsp3) is 0.455. The van der Waals surface area contributed by atoms with Crippen LogP contribution in [-0.2, 0) is 22.9 Å². The van der Waals surface area contributed by atoms with Crippen LogP contribution in [0.25, 0.3) is 0 Å². The summed E-state index contributed by atoms with van der Waals surface area (Å²) in [7, 11) is -0.428. The predicted octanol–water partition coefficient (Wildman–Crippen LogP) is 4.88. The topological polar surface area (TPSA) is 67.9 Å². The third-order valence-corrected chi connectivity index (χ3v) is 8.83. The number of halogens is 3. The van der Waals surface area contributed by atoms with Gasteiger partial charge in [-0.15, -0.1) is 0 Å². The summed E-state index contributed by atoms with van der Waals surface area (Å²) in [6.07, 6.45) is 3.58. The van der Waals surface area contributed by atoms with Crippen molar-refractivity contribution in [1.82, 2.24) is 9.62 Å². The molecular weight excluding hydrogens is 495 g/mol. The number of ether oxygens (including phenoxy) is 2. The number of hydrogen-bond donors (Lipinski definition) is 1. The molecule has 174 valence electrons. The molecule has 0 saturated carbocycles. The highest BCUT2D eigenvalue weighted by molar-refractivity contribution is 7.89. The van der Waals surface area contributed by atoms with Crippen molar-refractivity contribution < 1.29 is 17.9 Å². The summed E-state index contributed by atoms with van der Waals surface area (Å²) in [5, 5.41) is 0.404. The Labute approximate surface area is 203 Å². The van der Waals surface area contributed by atoms with Crippen molar-refractivity contribution in [3.63, 3.8) is 0 Å². The predicted molar refractivity (Wildman–Crippen MR) is 127 cm³/mol. The molecule has 0 spiro atoms. The zero-order valence-electron chi connectivity index (χ0n) is 17.9. The maximum Gasteiger partial charge on any atom is 0.242 e. The van der Waals surface area contributed by atoms with Gasteiger partial charge in [-0.3, -0.25) is 4.90 Å². The lowest BCUT2D eigenvalue weighted by Gasteiger charge is -2.35. The third kappa shape index (κ3) is 4.43. The lowest BCUT2D eigenvalue weighted by atomic mass is 9.92. The molecule has 0 aromatic heterocycles. The van der Waals surface area contributed by atoms with Gasteiger partial charge in [0.1, 0.15) is 4.90 Å². The van der Waals surface area contributed by atoms with Crippen LogP contribution in [0.4, 0.5) is 0 Å². The first-order valence-corrected chi connectivity index (χ1v) is 13.0. The van der Waals surface area contributed by atoms with Gasteiger partial charge >= 0.3 is 0 Å².